The Labute approximate surface area is 405 Å². The smallest absolute Gasteiger partial charge is 0.296 e. The Hall–Kier alpha value is -8.48. The molecule has 12 N–H and O–H groups in total. The molecule has 6 aromatic carbocycles. The van der Waals surface area contributed by atoms with Gasteiger partial charge in [-0.1, -0.05) is 48.5 Å². The summed E-state index contributed by atoms with van der Waals surface area (Å²) in [6.07, 6.45) is 1.24. The van der Waals surface area contributed by atoms with Gasteiger partial charge in [0, 0.05) is 45.8 Å². The highest BCUT2D eigenvalue weighted by Crippen LogP contribution is 2.43. The number of ketones is 4. The number of nitrogens with one attached hydrogen (secondary N) is 2. The molecule has 0 aliphatic heterocycles. The molecule has 0 amide bonds. The topological polar surface area (TPSA) is 427 Å². The van der Waals surface area contributed by atoms with Crippen molar-refractivity contribution in [2.45, 2.75) is 19.6 Å². The number of nitrogens with zero attached hydrogens (tertiary/aromatic N) is 2. The van der Waals surface area contributed by atoms with Gasteiger partial charge in [0.2, 0.25) is 11.8 Å². The maximum atomic E-state index is 13.7. The van der Waals surface area contributed by atoms with E-state index in [2.05, 4.69) is 20.6 Å². The van der Waals surface area contributed by atoms with Crippen LogP contribution in [0.1, 0.15) is 63.7 Å². The summed E-state index contributed by atoms with van der Waals surface area (Å²) in [4.78, 5) is 57.8. The van der Waals surface area contributed by atoms with Gasteiger partial charge >= 0.3 is 0 Å². The van der Waals surface area contributed by atoms with Crippen LogP contribution in [0.2, 0.25) is 0 Å². The van der Waals surface area contributed by atoms with Crippen LogP contribution in [0.3, 0.4) is 0 Å². The molecule has 0 unspecified atom stereocenters. The monoisotopic (exact) mass is 1060 g/mol. The lowest BCUT2D eigenvalue weighted by atomic mass is 9.82. The molecule has 72 heavy (non-hydrogen) atoms. The fourth-order valence-electron chi connectivity index (χ4n) is 7.77. The zero-order valence-electron chi connectivity index (χ0n) is 35.7. The molecule has 28 heteroatoms. The Morgan fingerprint density at radius 3 is 1.01 bits per heavy atom. The molecule has 0 bridgehead atoms. The largest absolute Gasteiger partial charge is 0.493 e. The number of benzene rings is 6. The molecule has 0 fully saturated rings. The first kappa shape index (κ1) is 49.9. The van der Waals surface area contributed by atoms with Gasteiger partial charge in [-0.05, 0) is 48.5 Å². The molecule has 0 radical (unpaired) electrons. The van der Waals surface area contributed by atoms with Crippen molar-refractivity contribution in [2.75, 3.05) is 22.1 Å². The molecular weight excluding hydrogens is 1030 g/mol. The molecule has 2 aliphatic rings. The van der Waals surface area contributed by atoms with E-state index < -0.39 is 151 Å². The molecule has 24 nitrogen and oxygen atoms in total. The Bertz CT molecular complexity index is 3800. The Morgan fingerprint density at radius 2 is 0.722 bits per heavy atom. The van der Waals surface area contributed by atoms with Crippen LogP contribution in [0.15, 0.2) is 139 Å². The molecule has 0 spiro atoms. The van der Waals surface area contributed by atoms with Crippen molar-refractivity contribution in [1.29, 1.82) is 0 Å². The van der Waals surface area contributed by atoms with E-state index in [9.17, 15) is 81.3 Å². The number of aliphatic hydroxyl groups is 2. The molecule has 0 atom stereocenters. The second kappa shape index (κ2) is 17.7. The molecule has 8 rings (SSSR count). The Kier molecular flexibility index (Phi) is 12.3. The van der Waals surface area contributed by atoms with Crippen LogP contribution in [0, 0.1) is 0 Å². The van der Waals surface area contributed by atoms with E-state index >= 15 is 0 Å². The van der Waals surface area contributed by atoms with Crippen LogP contribution in [0.25, 0.3) is 0 Å². The number of rotatable bonds is 12. The fourth-order valence-corrected chi connectivity index (χ4v) is 10.4. The zero-order chi connectivity index (χ0) is 52.6. The number of carbonyl (C=O) groups is 4. The quantitative estimate of drug-likeness (QED) is 0.0321. The summed E-state index contributed by atoms with van der Waals surface area (Å²) in [6, 6.07) is 17.9. The van der Waals surface area contributed by atoms with Gasteiger partial charge < -0.3 is 32.3 Å². The van der Waals surface area contributed by atoms with E-state index in [4.69, 9.17) is 11.5 Å². The molecule has 2 aliphatic carbocycles. The molecule has 6 aromatic rings. The third-order valence-corrected chi connectivity index (χ3v) is 14.4. The van der Waals surface area contributed by atoms with Crippen molar-refractivity contribution in [2.24, 2.45) is 9.98 Å². The average molecular weight is 1060 g/mol. The molecule has 368 valence electrons. The number of anilines is 6. The molecular formula is C44H30N6O18S4. The summed E-state index contributed by atoms with van der Waals surface area (Å²) in [5.74, 6) is -5.54. The van der Waals surface area contributed by atoms with E-state index in [1.165, 1.54) is 48.5 Å². The highest BCUT2D eigenvalue weighted by atomic mass is 32.2. The summed E-state index contributed by atoms with van der Waals surface area (Å²) in [5, 5.41) is 26.4. The van der Waals surface area contributed by atoms with Crippen LogP contribution >= 0.6 is 0 Å². The standard InChI is InChI=1S/C44H30N6O18S4/c45-39-31(71(63,64)65)17-27(35-37(39)43(55)23-7-3-1-5-21(23)41(35)53)47-19-9-11-25(29(15-19)69(57,58)59)49-33(51)13-14-34(52)50-26-12-10-20(16-30(26)70(60,61)62)48-28-18-32(72(66,67)68)40(46)38-36(28)42(54)22-6-2-4-8-24(22)44(38)56/h1-18,47-48H,45-46H2,(H,49,51)(H,50,52)(H,57,58,59)(H,60,61,62)(H,63,64,65)(H,66,67,68). The van der Waals surface area contributed by atoms with Crippen LogP contribution in [-0.4, -0.2) is 97.0 Å². The number of fused-ring (bicyclic) bond motifs is 4. The van der Waals surface area contributed by atoms with Gasteiger partial charge in [0.25, 0.3) is 40.5 Å². The molecule has 0 saturated carbocycles. The van der Waals surface area contributed by atoms with E-state index in [1.54, 1.807) is 0 Å². The summed E-state index contributed by atoms with van der Waals surface area (Å²) in [7, 11) is -20.8. The summed E-state index contributed by atoms with van der Waals surface area (Å²) < 4.78 is 140. The first-order valence-electron chi connectivity index (χ1n) is 19.8. The number of hydrogen-bond donors (Lipinski definition) is 10. The molecule has 0 aromatic heterocycles. The Balaban J connectivity index is 1.10. The van der Waals surface area contributed by atoms with Gasteiger partial charge in [-0.3, -0.25) is 37.4 Å². The maximum absolute atomic E-state index is 13.7. The minimum Gasteiger partial charge on any atom is -0.493 e. The molecule has 0 saturated heterocycles. The number of carbonyl (C=O) groups excluding carboxylic acids is 4. The van der Waals surface area contributed by atoms with Crippen LogP contribution in [-0.2, 0) is 40.5 Å². The fraction of sp³-hybridized carbons (Fsp3) is 0. The predicted molar refractivity (Wildman–Crippen MR) is 256 cm³/mol. The van der Waals surface area contributed by atoms with E-state index in [-0.39, 0.29) is 33.6 Å². The van der Waals surface area contributed by atoms with Crippen molar-refractivity contribution in [3.05, 3.63) is 154 Å². The first-order chi connectivity index (χ1) is 33.6. The average Bonchev–Trinajstić information content (AvgIpc) is 3.29. The second-order valence-corrected chi connectivity index (χ2v) is 20.9. The van der Waals surface area contributed by atoms with Crippen LogP contribution in [0.4, 0.5) is 45.5 Å². The molecule has 0 heterocycles. The van der Waals surface area contributed by atoms with E-state index in [0.717, 1.165) is 48.5 Å². The minimum atomic E-state index is -5.25. The Morgan fingerprint density at radius 1 is 0.431 bits per heavy atom. The SMILES string of the molecule is Nc1c(S(=O)(=O)O)cc(Nc2ccc(N=C(O)C=CC(O)=Nc3ccc(Nc4cc(S(=O)(=O)O)c(N)c5c4C(=O)c4ccccc4C5=O)cc3S(=O)(=O)O)c(S(=O)(=O)O)c2)c2c1C(=O)c1ccccc1C2=O. The minimum absolute atomic E-state index is 0.0919. The normalized spacial score (nSPS) is 14.2. The predicted octanol–water partition coefficient (Wildman–Crippen LogP) is 5.31. The summed E-state index contributed by atoms with van der Waals surface area (Å²) in [5.41, 5.74) is 5.17. The lowest BCUT2D eigenvalue weighted by Gasteiger charge is -2.23. The second-order valence-electron chi connectivity index (χ2n) is 15.4. The van der Waals surface area contributed by atoms with Gasteiger partial charge in [-0.25, -0.2) is 9.98 Å². The van der Waals surface area contributed by atoms with Gasteiger partial charge in [0.1, 0.15) is 19.6 Å². The highest BCUT2D eigenvalue weighted by molar-refractivity contribution is 7.86. The first-order valence-corrected chi connectivity index (χ1v) is 25.6. The van der Waals surface area contributed by atoms with Gasteiger partial charge in [0.05, 0.1) is 56.4 Å². The summed E-state index contributed by atoms with van der Waals surface area (Å²) in [6.45, 7) is 0. The lowest BCUT2D eigenvalue weighted by molar-refractivity contribution is 0.0980. The van der Waals surface area contributed by atoms with Crippen molar-refractivity contribution in [3.63, 3.8) is 0 Å². The number of hydrogen-bond acceptors (Lipinski definition) is 18. The van der Waals surface area contributed by atoms with Crippen molar-refractivity contribution in [3.8, 4) is 0 Å². The highest BCUT2D eigenvalue weighted by Gasteiger charge is 2.38. The summed E-state index contributed by atoms with van der Waals surface area (Å²) >= 11 is 0. The van der Waals surface area contributed by atoms with Crippen molar-refractivity contribution >= 4 is 121 Å². The zero-order valence-corrected chi connectivity index (χ0v) is 38.9. The van der Waals surface area contributed by atoms with E-state index in [0.29, 0.717) is 12.2 Å². The van der Waals surface area contributed by atoms with Crippen LogP contribution < -0.4 is 22.1 Å². The van der Waals surface area contributed by atoms with Crippen molar-refractivity contribution in [1.82, 2.24) is 0 Å². The van der Waals surface area contributed by atoms with Gasteiger partial charge in [-0.15, -0.1) is 0 Å². The van der Waals surface area contributed by atoms with E-state index in [1.807, 2.05) is 0 Å². The van der Waals surface area contributed by atoms with Gasteiger partial charge in [-0.2, -0.15) is 33.7 Å². The third kappa shape index (κ3) is 9.20. The number of aliphatic hydroxyl groups excluding tert-OH is 2. The van der Waals surface area contributed by atoms with Gasteiger partial charge in [0.15, 0.2) is 23.1 Å². The maximum Gasteiger partial charge on any atom is 0.296 e. The third-order valence-electron chi connectivity index (χ3n) is 10.8. The number of nitrogens with two attached hydrogens (primary N) is 2. The van der Waals surface area contributed by atoms with Crippen molar-refractivity contribution < 1.29 is 81.3 Å². The lowest BCUT2D eigenvalue weighted by Crippen LogP contribution is -2.25. The number of aliphatic imine (C=N–C) groups is 2. The number of nitrogen functional groups attached to an aromatic ring is 2. The van der Waals surface area contributed by atoms with Crippen LogP contribution in [0.5, 0.6) is 0 Å².